The molecule has 8 nitrogen and oxygen atoms in total. The second kappa shape index (κ2) is 9.57. The Hall–Kier alpha value is -3.08. The van der Waals surface area contributed by atoms with Crippen molar-refractivity contribution in [2.75, 3.05) is 6.54 Å². The number of amides is 2. The second-order valence-corrected chi connectivity index (χ2v) is 6.56. The van der Waals surface area contributed by atoms with E-state index in [1.54, 1.807) is 6.92 Å². The highest BCUT2D eigenvalue weighted by Crippen LogP contribution is 2.20. The van der Waals surface area contributed by atoms with Crippen molar-refractivity contribution in [1.82, 2.24) is 10.2 Å². The van der Waals surface area contributed by atoms with Gasteiger partial charge in [0.1, 0.15) is 18.7 Å². The van der Waals surface area contributed by atoms with Crippen molar-refractivity contribution in [3.63, 3.8) is 0 Å². The third-order valence-corrected chi connectivity index (χ3v) is 4.42. The summed E-state index contributed by atoms with van der Waals surface area (Å²) in [6.07, 6.45) is 0.466. The van der Waals surface area contributed by atoms with Crippen molar-refractivity contribution in [3.05, 3.63) is 35.9 Å². The van der Waals surface area contributed by atoms with Gasteiger partial charge in [-0.05, 0) is 31.7 Å². The molecule has 0 radical (unpaired) electrons. The molecule has 1 saturated heterocycles. The van der Waals surface area contributed by atoms with Crippen LogP contribution in [0, 0.1) is 17.2 Å². The van der Waals surface area contributed by atoms with Gasteiger partial charge in [-0.15, -0.1) is 0 Å². The molecule has 1 fully saturated rings. The molecule has 144 valence electrons. The van der Waals surface area contributed by atoms with Crippen LogP contribution in [0.4, 0.5) is 4.79 Å². The van der Waals surface area contributed by atoms with Crippen LogP contribution in [-0.4, -0.2) is 46.6 Å². The van der Waals surface area contributed by atoms with Gasteiger partial charge >= 0.3 is 12.1 Å². The lowest BCUT2D eigenvalue weighted by Crippen LogP contribution is -2.51. The number of hydrogen-bond donors (Lipinski definition) is 2. The van der Waals surface area contributed by atoms with E-state index in [0.29, 0.717) is 19.4 Å². The van der Waals surface area contributed by atoms with E-state index in [0.717, 1.165) is 5.56 Å². The van der Waals surface area contributed by atoms with E-state index in [1.807, 2.05) is 36.4 Å². The smallest absolute Gasteiger partial charge is 0.410 e. The Morgan fingerprint density at radius 2 is 2.07 bits per heavy atom. The molecular weight excluding hydrogens is 350 g/mol. The summed E-state index contributed by atoms with van der Waals surface area (Å²) in [5.74, 6) is -2.26. The average Bonchev–Trinajstić information content (AvgIpc) is 3.16. The van der Waals surface area contributed by atoms with Crippen LogP contribution < -0.4 is 5.32 Å². The molecular formula is C19H23N3O5. The van der Waals surface area contributed by atoms with Gasteiger partial charge in [0.05, 0.1) is 6.07 Å². The van der Waals surface area contributed by atoms with Crippen LogP contribution in [-0.2, 0) is 20.9 Å². The first-order valence-electron chi connectivity index (χ1n) is 8.82. The van der Waals surface area contributed by atoms with Crippen molar-refractivity contribution < 1.29 is 24.2 Å². The molecule has 0 aliphatic carbocycles. The van der Waals surface area contributed by atoms with Crippen molar-refractivity contribution in [3.8, 4) is 6.07 Å². The van der Waals surface area contributed by atoms with Gasteiger partial charge in [-0.25, -0.2) is 9.59 Å². The zero-order valence-corrected chi connectivity index (χ0v) is 15.1. The number of carboxylic acids is 1. The maximum absolute atomic E-state index is 12.5. The summed E-state index contributed by atoms with van der Waals surface area (Å²) in [5.41, 5.74) is 0.836. The number of hydrogen-bond acceptors (Lipinski definition) is 5. The van der Waals surface area contributed by atoms with Crippen LogP contribution in [0.1, 0.15) is 31.7 Å². The molecule has 0 bridgehead atoms. The maximum atomic E-state index is 12.5. The fraction of sp³-hybridized carbons (Fsp3) is 0.474. The Kier molecular flexibility index (Phi) is 7.17. The molecule has 2 amide bonds. The minimum Gasteiger partial charge on any atom is -0.480 e. The van der Waals surface area contributed by atoms with Gasteiger partial charge in [0, 0.05) is 12.5 Å². The van der Waals surface area contributed by atoms with E-state index < -0.39 is 36.0 Å². The quantitative estimate of drug-likeness (QED) is 0.753. The summed E-state index contributed by atoms with van der Waals surface area (Å²) in [7, 11) is 0. The number of carboxylic acid groups (broad SMARTS) is 1. The van der Waals surface area contributed by atoms with Crippen LogP contribution in [0.15, 0.2) is 30.3 Å². The number of nitrogens with one attached hydrogen (secondary N) is 1. The van der Waals surface area contributed by atoms with E-state index in [-0.39, 0.29) is 13.0 Å². The van der Waals surface area contributed by atoms with Gasteiger partial charge in [-0.2, -0.15) is 5.26 Å². The highest BCUT2D eigenvalue weighted by molar-refractivity contribution is 5.89. The third kappa shape index (κ3) is 5.71. The molecule has 1 heterocycles. The predicted octanol–water partition coefficient (Wildman–Crippen LogP) is 1.91. The Balaban J connectivity index is 1.95. The average molecular weight is 373 g/mol. The maximum Gasteiger partial charge on any atom is 0.410 e. The second-order valence-electron chi connectivity index (χ2n) is 6.56. The van der Waals surface area contributed by atoms with Crippen molar-refractivity contribution in [1.29, 1.82) is 5.26 Å². The summed E-state index contributed by atoms with van der Waals surface area (Å²) >= 11 is 0. The number of carbonyl (C=O) groups excluding carboxylic acids is 2. The summed E-state index contributed by atoms with van der Waals surface area (Å²) in [6, 6.07) is 9.20. The Bertz CT molecular complexity index is 716. The normalized spacial score (nSPS) is 18.2. The lowest BCUT2D eigenvalue weighted by atomic mass is 10.0. The van der Waals surface area contributed by atoms with E-state index in [2.05, 4.69) is 5.32 Å². The van der Waals surface area contributed by atoms with E-state index in [4.69, 9.17) is 10.00 Å². The van der Waals surface area contributed by atoms with Gasteiger partial charge in [0.25, 0.3) is 0 Å². The number of rotatable bonds is 7. The van der Waals surface area contributed by atoms with E-state index >= 15 is 0 Å². The van der Waals surface area contributed by atoms with Gasteiger partial charge in [0.15, 0.2) is 0 Å². The number of ether oxygens (including phenoxy) is 1. The molecule has 1 aliphatic rings. The molecule has 0 aromatic heterocycles. The molecule has 8 heteroatoms. The third-order valence-electron chi connectivity index (χ3n) is 4.42. The first kappa shape index (κ1) is 20.2. The monoisotopic (exact) mass is 373 g/mol. The topological polar surface area (TPSA) is 120 Å². The SMILES string of the molecule is C[C@@H](C#N)C[C@H](NC(=O)[C@H]1CCCN1C(=O)OCc1ccccc1)C(=O)O. The molecule has 3 atom stereocenters. The summed E-state index contributed by atoms with van der Waals surface area (Å²) in [4.78, 5) is 37.5. The van der Waals surface area contributed by atoms with Crippen molar-refractivity contribution in [2.24, 2.45) is 5.92 Å². The first-order valence-corrected chi connectivity index (χ1v) is 8.82. The van der Waals surface area contributed by atoms with Gasteiger partial charge in [-0.1, -0.05) is 30.3 Å². The number of benzene rings is 1. The molecule has 2 N–H and O–H groups in total. The molecule has 27 heavy (non-hydrogen) atoms. The number of carbonyl (C=O) groups is 3. The highest BCUT2D eigenvalue weighted by Gasteiger charge is 2.37. The molecule has 1 aromatic carbocycles. The summed E-state index contributed by atoms with van der Waals surface area (Å²) < 4.78 is 5.27. The van der Waals surface area contributed by atoms with Gasteiger partial charge in [0.2, 0.25) is 5.91 Å². The largest absolute Gasteiger partial charge is 0.480 e. The number of nitrogens with zero attached hydrogens (tertiary/aromatic N) is 2. The van der Waals surface area contributed by atoms with E-state index in [1.165, 1.54) is 4.90 Å². The van der Waals surface area contributed by atoms with Crippen LogP contribution in [0.2, 0.25) is 0 Å². The van der Waals surface area contributed by atoms with Crippen LogP contribution in [0.3, 0.4) is 0 Å². The minimum atomic E-state index is -1.21. The van der Waals surface area contributed by atoms with Crippen LogP contribution in [0.5, 0.6) is 0 Å². The zero-order chi connectivity index (χ0) is 19.8. The fourth-order valence-corrected chi connectivity index (χ4v) is 2.96. The molecule has 0 spiro atoms. The highest BCUT2D eigenvalue weighted by atomic mass is 16.6. The van der Waals surface area contributed by atoms with Gasteiger partial charge in [-0.3, -0.25) is 9.69 Å². The molecule has 2 rings (SSSR count). The summed E-state index contributed by atoms with van der Waals surface area (Å²) in [5, 5.41) is 20.6. The summed E-state index contributed by atoms with van der Waals surface area (Å²) in [6.45, 7) is 2.06. The van der Waals surface area contributed by atoms with Crippen molar-refractivity contribution in [2.45, 2.75) is 44.9 Å². The zero-order valence-electron chi connectivity index (χ0n) is 15.1. The fourth-order valence-electron chi connectivity index (χ4n) is 2.96. The molecule has 0 saturated carbocycles. The lowest BCUT2D eigenvalue weighted by molar-refractivity contribution is -0.142. The Labute approximate surface area is 157 Å². The minimum absolute atomic E-state index is 0.00273. The number of nitriles is 1. The lowest BCUT2D eigenvalue weighted by Gasteiger charge is -2.25. The predicted molar refractivity (Wildman–Crippen MR) is 95.3 cm³/mol. The Morgan fingerprint density at radius 1 is 1.37 bits per heavy atom. The van der Waals surface area contributed by atoms with Crippen molar-refractivity contribution >= 4 is 18.0 Å². The van der Waals surface area contributed by atoms with E-state index in [9.17, 15) is 19.5 Å². The van der Waals surface area contributed by atoms with Crippen LogP contribution >= 0.6 is 0 Å². The van der Waals surface area contributed by atoms with Gasteiger partial charge < -0.3 is 15.2 Å². The molecule has 1 aliphatic heterocycles. The Morgan fingerprint density at radius 3 is 2.70 bits per heavy atom. The first-order chi connectivity index (χ1) is 12.9. The number of aliphatic carboxylic acids is 1. The number of likely N-dealkylation sites (tertiary alicyclic amines) is 1. The van der Waals surface area contributed by atoms with Crippen LogP contribution in [0.25, 0.3) is 0 Å². The molecule has 1 aromatic rings. The molecule has 0 unspecified atom stereocenters. The standard InChI is InChI=1S/C19H23N3O5/c1-13(11-20)10-15(18(24)25)21-17(23)16-8-5-9-22(16)19(26)27-12-14-6-3-2-4-7-14/h2-4,6-7,13,15-16H,5,8-10,12H2,1H3,(H,21,23)(H,24,25)/t13-,15+,16-/m1/s1.